The summed E-state index contributed by atoms with van der Waals surface area (Å²) in [6.45, 7) is 0. The second-order valence-electron chi connectivity index (χ2n) is 2.15. The number of benzene rings is 1. The maximum Gasteiger partial charge on any atom is 0.210 e. The summed E-state index contributed by atoms with van der Waals surface area (Å²) in [7, 11) is 1.75. The summed E-state index contributed by atoms with van der Waals surface area (Å²) in [6.07, 6.45) is 0. The summed E-state index contributed by atoms with van der Waals surface area (Å²) < 4.78 is 5.36. The van der Waals surface area contributed by atoms with Gasteiger partial charge in [0.25, 0.3) is 0 Å². The summed E-state index contributed by atoms with van der Waals surface area (Å²) in [4.78, 5) is 0. The zero-order valence-corrected chi connectivity index (χ0v) is 7.37. The zero-order chi connectivity index (χ0) is 6.81. The Bertz CT molecular complexity index is 208. The molecule has 0 bridgehead atoms. The Morgan fingerprint density at radius 2 is 1.90 bits per heavy atom. The lowest BCUT2D eigenvalue weighted by Gasteiger charge is -2.24. The molecule has 10 heavy (non-hydrogen) atoms. The molecule has 4 radical (unpaired) electrons. The highest BCUT2D eigenvalue weighted by atomic mass is 29.2. The van der Waals surface area contributed by atoms with E-state index in [-0.39, 0.29) is 0 Å². The van der Waals surface area contributed by atoms with Crippen LogP contribution < -0.4 is 0 Å². The molecule has 1 aromatic rings. The van der Waals surface area contributed by atoms with Crippen molar-refractivity contribution in [3.05, 3.63) is 35.9 Å². The van der Waals surface area contributed by atoms with E-state index < -0.39 is 0 Å². The molecule has 0 aliphatic carbocycles. The van der Waals surface area contributed by atoms with E-state index in [0.717, 1.165) is 18.3 Å². The lowest BCUT2D eigenvalue weighted by Crippen LogP contribution is -2.32. The monoisotopic (exact) mass is 162 g/mol. The van der Waals surface area contributed by atoms with Gasteiger partial charge < -0.3 is 4.43 Å². The smallest absolute Gasteiger partial charge is 0.210 e. The van der Waals surface area contributed by atoms with Gasteiger partial charge in [-0.1, -0.05) is 30.3 Å². The molecule has 1 unspecified atom stereocenters. The van der Waals surface area contributed by atoms with Gasteiger partial charge in [-0.2, -0.15) is 0 Å². The van der Waals surface area contributed by atoms with Crippen LogP contribution in [0.5, 0.6) is 0 Å². The van der Waals surface area contributed by atoms with Crippen molar-refractivity contribution in [3.63, 3.8) is 0 Å². The minimum Gasteiger partial charge on any atom is -0.418 e. The van der Waals surface area contributed by atoms with Crippen LogP contribution in [0.1, 0.15) is 11.3 Å². The third-order valence-corrected chi connectivity index (χ3v) is 4.38. The molecule has 0 spiro atoms. The minimum atomic E-state index is 0.430. The molecule has 1 heterocycles. The molecule has 1 atom stereocenters. The van der Waals surface area contributed by atoms with E-state index in [0.29, 0.717) is 5.73 Å². The van der Waals surface area contributed by atoms with Crippen molar-refractivity contribution in [3.8, 4) is 0 Å². The van der Waals surface area contributed by atoms with Gasteiger partial charge in [0.15, 0.2) is 0 Å². The standard InChI is InChI=1S/C7H6OSi2/c1-2-4-6(5-3-1)7-8-10-9-7/h1-5,7H. The molecule has 1 nitrogen and oxygen atoms in total. The fourth-order valence-electron chi connectivity index (χ4n) is 0.897. The maximum atomic E-state index is 5.36. The molecule has 1 aliphatic rings. The van der Waals surface area contributed by atoms with Crippen molar-refractivity contribution in [1.82, 2.24) is 0 Å². The zero-order valence-electron chi connectivity index (χ0n) is 5.37. The van der Waals surface area contributed by atoms with E-state index in [4.69, 9.17) is 4.43 Å². The average molecular weight is 162 g/mol. The summed E-state index contributed by atoms with van der Waals surface area (Å²) in [5.41, 5.74) is 1.76. The molecule has 1 aromatic carbocycles. The Morgan fingerprint density at radius 3 is 2.40 bits per heavy atom. The summed E-state index contributed by atoms with van der Waals surface area (Å²) in [5, 5.41) is 0. The predicted molar refractivity (Wildman–Crippen MR) is 41.8 cm³/mol. The predicted octanol–water partition coefficient (Wildman–Crippen LogP) is 0.954. The number of hydrogen-bond acceptors (Lipinski definition) is 1. The topological polar surface area (TPSA) is 9.23 Å². The van der Waals surface area contributed by atoms with Crippen LogP contribution in [0.4, 0.5) is 0 Å². The first kappa shape index (κ1) is 6.33. The molecule has 1 fully saturated rings. The van der Waals surface area contributed by atoms with Crippen LogP contribution >= 0.6 is 0 Å². The van der Waals surface area contributed by atoms with Crippen LogP contribution in [0.15, 0.2) is 30.3 Å². The van der Waals surface area contributed by atoms with Crippen molar-refractivity contribution < 1.29 is 4.43 Å². The fraction of sp³-hybridized carbons (Fsp3) is 0.143. The average Bonchev–Trinajstić information content (AvgIpc) is 1.86. The van der Waals surface area contributed by atoms with Gasteiger partial charge in [-0.25, -0.2) is 0 Å². The normalized spacial score (nSPS) is 23.8. The lowest BCUT2D eigenvalue weighted by molar-refractivity contribution is 0.284. The van der Waals surface area contributed by atoms with E-state index in [1.807, 2.05) is 6.07 Å². The van der Waals surface area contributed by atoms with Crippen LogP contribution in [0.25, 0.3) is 0 Å². The Balaban J connectivity index is 2.18. The molecule has 0 N–H and O–H groups in total. The largest absolute Gasteiger partial charge is 0.418 e. The van der Waals surface area contributed by atoms with E-state index in [1.165, 1.54) is 5.56 Å². The van der Waals surface area contributed by atoms with Crippen molar-refractivity contribution in [2.24, 2.45) is 0 Å². The molecule has 0 amide bonds. The van der Waals surface area contributed by atoms with Gasteiger partial charge in [0.2, 0.25) is 9.28 Å². The summed E-state index contributed by atoms with van der Waals surface area (Å²) in [6, 6.07) is 10.4. The highest BCUT2D eigenvalue weighted by Gasteiger charge is 2.21. The quantitative estimate of drug-likeness (QED) is 0.559. The van der Waals surface area contributed by atoms with Gasteiger partial charge >= 0.3 is 0 Å². The van der Waals surface area contributed by atoms with Crippen molar-refractivity contribution in [2.45, 2.75) is 5.73 Å². The lowest BCUT2D eigenvalue weighted by atomic mass is 10.2. The first-order valence-corrected chi connectivity index (χ1v) is 6.16. The third-order valence-electron chi connectivity index (χ3n) is 1.47. The molecule has 3 heteroatoms. The third kappa shape index (κ3) is 1.07. The molecule has 0 aromatic heterocycles. The fourth-order valence-corrected chi connectivity index (χ4v) is 2.84. The Morgan fingerprint density at radius 1 is 1.20 bits per heavy atom. The van der Waals surface area contributed by atoms with Gasteiger partial charge in [-0.3, -0.25) is 0 Å². The van der Waals surface area contributed by atoms with Gasteiger partial charge in [0, 0.05) is 0 Å². The van der Waals surface area contributed by atoms with Gasteiger partial charge in [-0.15, -0.1) is 0 Å². The van der Waals surface area contributed by atoms with Crippen LogP contribution in [0.3, 0.4) is 0 Å². The molecular formula is C7H6OSi2. The molecule has 1 aliphatic heterocycles. The van der Waals surface area contributed by atoms with Gasteiger partial charge in [-0.05, 0) is 5.56 Å². The molecule has 1 saturated heterocycles. The first-order chi connectivity index (χ1) is 4.97. The molecule has 48 valence electrons. The highest BCUT2D eigenvalue weighted by molar-refractivity contribution is 7.01. The van der Waals surface area contributed by atoms with Crippen molar-refractivity contribution in [2.75, 3.05) is 0 Å². The van der Waals surface area contributed by atoms with E-state index >= 15 is 0 Å². The SMILES string of the molecule is c1ccc(C2O[Si][Si]2)cc1. The Hall–Kier alpha value is -0.386. The van der Waals surface area contributed by atoms with Crippen LogP contribution in [0.2, 0.25) is 0 Å². The van der Waals surface area contributed by atoms with Crippen molar-refractivity contribution in [1.29, 1.82) is 0 Å². The van der Waals surface area contributed by atoms with E-state index in [2.05, 4.69) is 24.3 Å². The second kappa shape index (κ2) is 2.69. The summed E-state index contributed by atoms with van der Waals surface area (Å²) in [5.74, 6) is 0. The molecule has 2 rings (SSSR count). The van der Waals surface area contributed by atoms with Crippen LogP contribution in [0, 0.1) is 0 Å². The number of rotatable bonds is 1. The minimum absolute atomic E-state index is 0.430. The van der Waals surface area contributed by atoms with Crippen LogP contribution in [-0.4, -0.2) is 18.3 Å². The highest BCUT2D eigenvalue weighted by Crippen LogP contribution is 2.19. The molecule has 0 saturated carbocycles. The number of hydrogen-bond donors (Lipinski definition) is 0. The molecular weight excluding hydrogens is 156 g/mol. The van der Waals surface area contributed by atoms with Crippen molar-refractivity contribution >= 4 is 18.3 Å². The van der Waals surface area contributed by atoms with Gasteiger partial charge in [0.05, 0.1) is 5.73 Å². The van der Waals surface area contributed by atoms with E-state index in [9.17, 15) is 0 Å². The maximum absolute atomic E-state index is 5.36. The summed E-state index contributed by atoms with van der Waals surface area (Å²) >= 11 is 0. The van der Waals surface area contributed by atoms with Gasteiger partial charge in [0.1, 0.15) is 9.04 Å². The first-order valence-electron chi connectivity index (χ1n) is 3.18. The Kier molecular flexibility index (Phi) is 1.71. The second-order valence-corrected chi connectivity index (χ2v) is 4.89. The van der Waals surface area contributed by atoms with Crippen LogP contribution in [-0.2, 0) is 4.43 Å². The van der Waals surface area contributed by atoms with E-state index in [1.54, 1.807) is 0 Å². The Labute approximate surface area is 65.0 Å².